The molecule has 37 heavy (non-hydrogen) atoms. The average Bonchev–Trinajstić information content (AvgIpc) is 2.88. The van der Waals surface area contributed by atoms with Crippen molar-refractivity contribution in [2.75, 3.05) is 13.2 Å². The summed E-state index contributed by atoms with van der Waals surface area (Å²) < 4.78 is 11.6. The summed E-state index contributed by atoms with van der Waals surface area (Å²) >= 11 is 0. The van der Waals surface area contributed by atoms with Crippen molar-refractivity contribution in [2.45, 2.75) is 150 Å². The Bertz CT molecular complexity index is 634. The summed E-state index contributed by atoms with van der Waals surface area (Å²) in [4.78, 5) is 41.3. The summed E-state index contributed by atoms with van der Waals surface area (Å²) in [6, 6.07) is 0. The third-order valence-electron chi connectivity index (χ3n) is 8.43. The lowest BCUT2D eigenvalue weighted by molar-refractivity contribution is -0.206. The Morgan fingerprint density at radius 1 is 0.703 bits per heavy atom. The quantitative estimate of drug-likeness (QED) is 0.0923. The molecule has 1 N–H and O–H groups in total. The standard InChI is InChI=1S/C31H56O6/c1-5-9-13-17-24-36-28(34)31(29(35)37-25-18-14-10-6-2)23-19-21-26(20-15-11-7-3)30(31,27(32)33)22-16-12-8-4/h26H,5-25H2,1-4H3,(H,32,33). The summed E-state index contributed by atoms with van der Waals surface area (Å²) in [6.07, 6.45) is 15.6. The zero-order valence-electron chi connectivity index (χ0n) is 24.4. The van der Waals surface area contributed by atoms with Gasteiger partial charge in [0.1, 0.15) is 0 Å². The Morgan fingerprint density at radius 2 is 1.19 bits per heavy atom. The molecule has 6 heteroatoms. The first-order chi connectivity index (χ1) is 17.9. The maximum atomic E-state index is 14.0. The topological polar surface area (TPSA) is 89.9 Å². The van der Waals surface area contributed by atoms with Gasteiger partial charge >= 0.3 is 17.9 Å². The molecular formula is C31H56O6. The van der Waals surface area contributed by atoms with Crippen LogP contribution in [0.25, 0.3) is 0 Å². The van der Waals surface area contributed by atoms with E-state index in [0.29, 0.717) is 25.7 Å². The highest BCUT2D eigenvalue weighted by atomic mass is 16.6. The largest absolute Gasteiger partial charge is 0.481 e. The smallest absolute Gasteiger partial charge is 0.324 e. The van der Waals surface area contributed by atoms with Gasteiger partial charge in [0.25, 0.3) is 0 Å². The number of hydrogen-bond donors (Lipinski definition) is 1. The van der Waals surface area contributed by atoms with E-state index in [0.717, 1.165) is 89.9 Å². The van der Waals surface area contributed by atoms with Crippen molar-refractivity contribution >= 4 is 17.9 Å². The Balaban J connectivity index is 3.44. The third-order valence-corrected chi connectivity index (χ3v) is 8.43. The SMILES string of the molecule is CCCCCCOC(=O)C1(C(=O)OCCCCCC)CCCC(CCCCC)C1(CCCCC)C(=O)O. The molecule has 0 aliphatic heterocycles. The predicted molar refractivity (Wildman–Crippen MR) is 148 cm³/mol. The van der Waals surface area contributed by atoms with Crippen LogP contribution in [0.15, 0.2) is 0 Å². The van der Waals surface area contributed by atoms with Gasteiger partial charge in [0.05, 0.1) is 18.6 Å². The number of esters is 2. The Kier molecular flexibility index (Phi) is 16.8. The summed E-state index contributed by atoms with van der Waals surface area (Å²) in [5.74, 6) is -2.61. The summed E-state index contributed by atoms with van der Waals surface area (Å²) in [6.45, 7) is 8.88. The third kappa shape index (κ3) is 8.99. The Morgan fingerprint density at radius 3 is 1.68 bits per heavy atom. The van der Waals surface area contributed by atoms with E-state index in [1.54, 1.807) is 0 Å². The fourth-order valence-electron chi connectivity index (χ4n) is 6.28. The van der Waals surface area contributed by atoms with E-state index < -0.39 is 28.7 Å². The van der Waals surface area contributed by atoms with Gasteiger partial charge in [-0.2, -0.15) is 0 Å². The van der Waals surface area contributed by atoms with E-state index >= 15 is 0 Å². The van der Waals surface area contributed by atoms with E-state index in [1.807, 2.05) is 0 Å². The predicted octanol–water partition coefficient (Wildman–Crippen LogP) is 8.25. The van der Waals surface area contributed by atoms with Crippen LogP contribution in [0.3, 0.4) is 0 Å². The molecule has 0 radical (unpaired) electrons. The highest BCUT2D eigenvalue weighted by molar-refractivity contribution is 6.05. The number of unbranched alkanes of at least 4 members (excludes halogenated alkanes) is 10. The second-order valence-electron chi connectivity index (χ2n) is 11.1. The molecule has 1 fully saturated rings. The van der Waals surface area contributed by atoms with Crippen molar-refractivity contribution in [3.8, 4) is 0 Å². The zero-order chi connectivity index (χ0) is 27.6. The molecule has 1 aliphatic carbocycles. The highest BCUT2D eigenvalue weighted by Gasteiger charge is 2.70. The highest BCUT2D eigenvalue weighted by Crippen LogP contribution is 2.59. The number of hydrogen-bond acceptors (Lipinski definition) is 5. The molecule has 0 amide bonds. The molecule has 0 aromatic heterocycles. The van der Waals surface area contributed by atoms with Gasteiger partial charge in [-0.15, -0.1) is 0 Å². The van der Waals surface area contributed by atoms with Crippen molar-refractivity contribution < 1.29 is 29.0 Å². The molecular weight excluding hydrogens is 468 g/mol. The van der Waals surface area contributed by atoms with Crippen molar-refractivity contribution in [1.29, 1.82) is 0 Å². The minimum absolute atomic E-state index is 0.192. The van der Waals surface area contributed by atoms with Gasteiger partial charge in [-0.25, -0.2) is 0 Å². The number of carboxylic acid groups (broad SMARTS) is 1. The number of carboxylic acids is 1. The van der Waals surface area contributed by atoms with Crippen LogP contribution in [0, 0.1) is 16.7 Å². The molecule has 2 unspecified atom stereocenters. The fraction of sp³-hybridized carbons (Fsp3) is 0.903. The van der Waals surface area contributed by atoms with Gasteiger partial charge in [-0.1, -0.05) is 111 Å². The van der Waals surface area contributed by atoms with Crippen LogP contribution in [-0.2, 0) is 23.9 Å². The van der Waals surface area contributed by atoms with Crippen LogP contribution in [0.5, 0.6) is 0 Å². The first-order valence-electron chi connectivity index (χ1n) is 15.5. The normalized spacial score (nSPS) is 20.9. The summed E-state index contributed by atoms with van der Waals surface area (Å²) in [5, 5.41) is 10.9. The van der Waals surface area contributed by atoms with Crippen molar-refractivity contribution in [3.05, 3.63) is 0 Å². The molecule has 0 aromatic rings. The molecule has 6 nitrogen and oxygen atoms in total. The van der Waals surface area contributed by atoms with Gasteiger partial charge in [0, 0.05) is 0 Å². The Hall–Kier alpha value is -1.59. The number of carbonyl (C=O) groups is 3. The molecule has 1 saturated carbocycles. The van der Waals surface area contributed by atoms with Crippen molar-refractivity contribution in [3.63, 3.8) is 0 Å². The number of aliphatic carboxylic acids is 1. The molecule has 0 heterocycles. The molecule has 0 aromatic carbocycles. The van der Waals surface area contributed by atoms with Crippen LogP contribution < -0.4 is 0 Å². The van der Waals surface area contributed by atoms with E-state index in [4.69, 9.17) is 9.47 Å². The van der Waals surface area contributed by atoms with E-state index in [1.165, 1.54) is 0 Å². The number of carbonyl (C=O) groups excluding carboxylic acids is 2. The van der Waals surface area contributed by atoms with Crippen LogP contribution in [0.2, 0.25) is 0 Å². The maximum Gasteiger partial charge on any atom is 0.324 e. The molecule has 216 valence electrons. The second-order valence-corrected chi connectivity index (χ2v) is 11.1. The van der Waals surface area contributed by atoms with Crippen LogP contribution in [0.1, 0.15) is 150 Å². The average molecular weight is 525 g/mol. The minimum atomic E-state index is -1.78. The molecule has 2 atom stereocenters. The minimum Gasteiger partial charge on any atom is -0.481 e. The maximum absolute atomic E-state index is 14.0. The number of ether oxygens (including phenoxy) is 2. The van der Waals surface area contributed by atoms with Crippen LogP contribution in [0.4, 0.5) is 0 Å². The van der Waals surface area contributed by atoms with E-state index in [9.17, 15) is 19.5 Å². The van der Waals surface area contributed by atoms with Crippen molar-refractivity contribution in [1.82, 2.24) is 0 Å². The fourth-order valence-corrected chi connectivity index (χ4v) is 6.28. The first kappa shape index (κ1) is 33.4. The van der Waals surface area contributed by atoms with Crippen LogP contribution in [-0.4, -0.2) is 36.2 Å². The summed E-state index contributed by atoms with van der Waals surface area (Å²) in [7, 11) is 0. The zero-order valence-corrected chi connectivity index (χ0v) is 24.4. The molecule has 0 saturated heterocycles. The summed E-state index contributed by atoms with van der Waals surface area (Å²) in [5.41, 5.74) is -3.27. The lowest BCUT2D eigenvalue weighted by Gasteiger charge is -2.52. The van der Waals surface area contributed by atoms with E-state index in [2.05, 4.69) is 27.7 Å². The molecule has 1 rings (SSSR count). The van der Waals surface area contributed by atoms with Gasteiger partial charge in [-0.05, 0) is 44.4 Å². The molecule has 1 aliphatic rings. The second kappa shape index (κ2) is 18.6. The molecule has 0 spiro atoms. The lowest BCUT2D eigenvalue weighted by atomic mass is 9.48. The molecule has 0 bridgehead atoms. The monoisotopic (exact) mass is 524 g/mol. The van der Waals surface area contributed by atoms with Gasteiger partial charge in [-0.3, -0.25) is 14.4 Å². The lowest BCUT2D eigenvalue weighted by Crippen LogP contribution is -2.63. The first-order valence-corrected chi connectivity index (χ1v) is 15.5. The Labute approximate surface area is 226 Å². The van der Waals surface area contributed by atoms with E-state index in [-0.39, 0.29) is 25.6 Å². The number of rotatable bonds is 21. The van der Waals surface area contributed by atoms with Crippen molar-refractivity contribution in [2.24, 2.45) is 16.7 Å². The van der Waals surface area contributed by atoms with Gasteiger partial charge < -0.3 is 14.6 Å². The van der Waals surface area contributed by atoms with Gasteiger partial charge in [0.2, 0.25) is 0 Å². The van der Waals surface area contributed by atoms with Gasteiger partial charge in [0.15, 0.2) is 5.41 Å². The van der Waals surface area contributed by atoms with Crippen LogP contribution >= 0.6 is 0 Å².